The number of thioether (sulfide) groups is 1. The highest BCUT2D eigenvalue weighted by Gasteiger charge is 2.07. The predicted molar refractivity (Wildman–Crippen MR) is 61.9 cm³/mol. The van der Waals surface area contributed by atoms with Crippen LogP contribution in [0.25, 0.3) is 10.3 Å². The van der Waals surface area contributed by atoms with Gasteiger partial charge < -0.3 is 0 Å². The van der Waals surface area contributed by atoms with Crippen LogP contribution in [-0.4, -0.2) is 16.2 Å². The number of rotatable bonds is 1. The molecule has 2 rings (SSSR count). The third-order valence-corrected chi connectivity index (χ3v) is 4.55. The maximum Gasteiger partial charge on any atom is 0.173 e. The Balaban J connectivity index is 2.70. The third-order valence-electron chi connectivity index (χ3n) is 1.45. The zero-order valence-corrected chi connectivity index (χ0v) is 10.5. The minimum absolute atomic E-state index is 0.463. The fourth-order valence-electron chi connectivity index (χ4n) is 0.887. The summed E-state index contributed by atoms with van der Waals surface area (Å²) < 4.78 is 2.88. The van der Waals surface area contributed by atoms with Crippen molar-refractivity contribution in [2.75, 3.05) is 6.26 Å². The zero-order chi connectivity index (χ0) is 9.42. The van der Waals surface area contributed by atoms with E-state index in [0.29, 0.717) is 5.15 Å². The van der Waals surface area contributed by atoms with E-state index in [1.54, 1.807) is 23.1 Å². The number of hydrogen-bond donors (Lipinski definition) is 0. The summed E-state index contributed by atoms with van der Waals surface area (Å²) >= 11 is 12.4. The van der Waals surface area contributed by atoms with Crippen molar-refractivity contribution >= 4 is 61.0 Å². The molecule has 0 atom stereocenters. The van der Waals surface area contributed by atoms with Gasteiger partial charge in [-0.15, -0.1) is 11.3 Å². The molecule has 0 spiro atoms. The van der Waals surface area contributed by atoms with Gasteiger partial charge in [-0.05, 0) is 28.3 Å². The molecule has 0 amide bonds. The molecule has 0 aliphatic rings. The Morgan fingerprint density at radius 1 is 1.54 bits per heavy atom. The molecule has 0 unspecified atom stereocenters. The molecule has 0 aliphatic heterocycles. The Morgan fingerprint density at radius 3 is 3.00 bits per heavy atom. The number of pyridine rings is 1. The maximum atomic E-state index is 5.84. The van der Waals surface area contributed by atoms with Crippen molar-refractivity contribution in [2.24, 2.45) is 0 Å². The van der Waals surface area contributed by atoms with E-state index < -0.39 is 0 Å². The Bertz CT molecular complexity index is 418. The average molecular weight is 296 g/mol. The standard InChI is InChI=1S/C7H4BrClN2S2/c1-12-7-11-6-4(13-7)2-3(8)5(9)10-6/h2H,1H3. The van der Waals surface area contributed by atoms with Crippen molar-refractivity contribution in [2.45, 2.75) is 4.34 Å². The molecule has 13 heavy (non-hydrogen) atoms. The van der Waals surface area contributed by atoms with Crippen molar-refractivity contribution in [1.29, 1.82) is 0 Å². The molecule has 0 N–H and O–H groups in total. The predicted octanol–water partition coefficient (Wildman–Crippen LogP) is 3.83. The van der Waals surface area contributed by atoms with Crippen LogP contribution >= 0.6 is 50.6 Å². The Hall–Kier alpha value is 0.160. The number of fused-ring (bicyclic) bond motifs is 1. The van der Waals surface area contributed by atoms with E-state index in [0.717, 1.165) is 19.2 Å². The second kappa shape index (κ2) is 3.73. The van der Waals surface area contributed by atoms with Crippen LogP contribution in [0.1, 0.15) is 0 Å². The van der Waals surface area contributed by atoms with Crippen molar-refractivity contribution in [3.05, 3.63) is 15.7 Å². The Labute approximate surface area is 96.9 Å². The molecule has 0 saturated heterocycles. The first-order valence-electron chi connectivity index (χ1n) is 3.37. The summed E-state index contributed by atoms with van der Waals surface area (Å²) in [5.74, 6) is 0. The first-order chi connectivity index (χ1) is 6.20. The highest BCUT2D eigenvalue weighted by Crippen LogP contribution is 2.31. The van der Waals surface area contributed by atoms with Gasteiger partial charge in [-0.25, -0.2) is 9.97 Å². The Morgan fingerprint density at radius 2 is 2.31 bits per heavy atom. The van der Waals surface area contributed by atoms with Crippen LogP contribution in [0.4, 0.5) is 0 Å². The van der Waals surface area contributed by atoms with Gasteiger partial charge >= 0.3 is 0 Å². The second-order valence-corrected chi connectivity index (χ2v) is 5.56. The Kier molecular flexibility index (Phi) is 2.78. The van der Waals surface area contributed by atoms with Gasteiger partial charge in [0.1, 0.15) is 5.15 Å². The first kappa shape index (κ1) is 9.71. The topological polar surface area (TPSA) is 25.8 Å². The summed E-state index contributed by atoms with van der Waals surface area (Å²) in [6.07, 6.45) is 1.99. The number of hydrogen-bond acceptors (Lipinski definition) is 4. The fourth-order valence-corrected chi connectivity index (χ4v) is 2.95. The SMILES string of the molecule is CSc1nc2nc(Cl)c(Br)cc2s1. The summed E-state index contributed by atoms with van der Waals surface area (Å²) in [7, 11) is 0. The van der Waals surface area contributed by atoms with Gasteiger partial charge in [-0.2, -0.15) is 0 Å². The highest BCUT2D eigenvalue weighted by atomic mass is 79.9. The average Bonchev–Trinajstić information content (AvgIpc) is 2.48. The largest absolute Gasteiger partial charge is 0.214 e. The van der Waals surface area contributed by atoms with Crippen molar-refractivity contribution < 1.29 is 0 Å². The molecular weight excluding hydrogens is 292 g/mol. The summed E-state index contributed by atoms with van der Waals surface area (Å²) in [6.45, 7) is 0. The molecule has 0 bridgehead atoms. The van der Waals surface area contributed by atoms with E-state index in [2.05, 4.69) is 25.9 Å². The normalized spacial score (nSPS) is 11.0. The van der Waals surface area contributed by atoms with Gasteiger partial charge in [0.05, 0.1) is 9.17 Å². The van der Waals surface area contributed by atoms with Crippen LogP contribution in [0.15, 0.2) is 14.9 Å². The molecule has 0 fully saturated rings. The van der Waals surface area contributed by atoms with Gasteiger partial charge in [-0.3, -0.25) is 0 Å². The van der Waals surface area contributed by atoms with Gasteiger partial charge in [0.2, 0.25) is 0 Å². The van der Waals surface area contributed by atoms with Crippen LogP contribution < -0.4 is 0 Å². The second-order valence-electron chi connectivity index (χ2n) is 2.27. The van der Waals surface area contributed by atoms with Crippen LogP contribution in [0, 0.1) is 0 Å². The van der Waals surface area contributed by atoms with Gasteiger partial charge in [-0.1, -0.05) is 23.4 Å². The number of aromatic nitrogens is 2. The maximum absolute atomic E-state index is 5.84. The number of nitrogens with zero attached hydrogens (tertiary/aromatic N) is 2. The van der Waals surface area contributed by atoms with Crippen molar-refractivity contribution in [3.8, 4) is 0 Å². The molecule has 0 aliphatic carbocycles. The highest BCUT2D eigenvalue weighted by molar-refractivity contribution is 9.10. The van der Waals surface area contributed by atoms with E-state index in [1.807, 2.05) is 12.3 Å². The first-order valence-corrected chi connectivity index (χ1v) is 6.58. The van der Waals surface area contributed by atoms with E-state index in [4.69, 9.17) is 11.6 Å². The number of thiazole rings is 1. The van der Waals surface area contributed by atoms with E-state index in [-0.39, 0.29) is 0 Å². The summed E-state index contributed by atoms with van der Waals surface area (Å²) in [6, 6.07) is 1.95. The molecule has 0 saturated carbocycles. The summed E-state index contributed by atoms with van der Waals surface area (Å²) in [4.78, 5) is 8.45. The van der Waals surface area contributed by atoms with Crippen LogP contribution in [0.3, 0.4) is 0 Å². The van der Waals surface area contributed by atoms with Crippen molar-refractivity contribution in [1.82, 2.24) is 9.97 Å². The summed E-state index contributed by atoms with van der Waals surface area (Å²) in [5.41, 5.74) is 0.725. The van der Waals surface area contributed by atoms with E-state index >= 15 is 0 Å². The lowest BCUT2D eigenvalue weighted by Gasteiger charge is -1.92. The lowest BCUT2D eigenvalue weighted by Crippen LogP contribution is -1.78. The fraction of sp³-hybridized carbons (Fsp3) is 0.143. The number of halogens is 2. The molecule has 2 aromatic heterocycles. The molecule has 6 heteroatoms. The van der Waals surface area contributed by atoms with E-state index in [9.17, 15) is 0 Å². The van der Waals surface area contributed by atoms with Gasteiger partial charge in [0.15, 0.2) is 9.99 Å². The lowest BCUT2D eigenvalue weighted by molar-refractivity contribution is 1.23. The molecule has 0 radical (unpaired) electrons. The molecule has 2 heterocycles. The minimum atomic E-state index is 0.463. The smallest absolute Gasteiger partial charge is 0.173 e. The van der Waals surface area contributed by atoms with Gasteiger partial charge in [0, 0.05) is 0 Å². The molecular formula is C7H4BrClN2S2. The van der Waals surface area contributed by atoms with Gasteiger partial charge in [0.25, 0.3) is 0 Å². The van der Waals surface area contributed by atoms with E-state index in [1.165, 1.54) is 0 Å². The van der Waals surface area contributed by atoms with Crippen molar-refractivity contribution in [3.63, 3.8) is 0 Å². The molecule has 2 aromatic rings. The lowest BCUT2D eigenvalue weighted by atomic mass is 10.5. The minimum Gasteiger partial charge on any atom is -0.214 e. The quantitative estimate of drug-likeness (QED) is 0.591. The molecule has 68 valence electrons. The zero-order valence-electron chi connectivity index (χ0n) is 6.54. The van der Waals surface area contributed by atoms with Crippen LogP contribution in [-0.2, 0) is 0 Å². The monoisotopic (exact) mass is 294 g/mol. The third kappa shape index (κ3) is 1.83. The molecule has 2 nitrogen and oxygen atoms in total. The van der Waals surface area contributed by atoms with Crippen LogP contribution in [0.2, 0.25) is 5.15 Å². The summed E-state index contributed by atoms with van der Waals surface area (Å²) in [5, 5.41) is 0.463. The van der Waals surface area contributed by atoms with Crippen LogP contribution in [0.5, 0.6) is 0 Å². The molecule has 0 aromatic carbocycles.